The molecule has 2 aromatic carbocycles. The average Bonchev–Trinajstić information content (AvgIpc) is 3.64. The zero-order valence-electron chi connectivity index (χ0n) is 21.3. The van der Waals surface area contributed by atoms with E-state index in [4.69, 9.17) is 9.47 Å². The molecule has 8 rings (SSSR count). The molecule has 1 saturated carbocycles. The molecule has 0 radical (unpaired) electrons. The Morgan fingerprint density at radius 1 is 1.19 bits per heavy atom. The number of hydrogen-bond donors (Lipinski definition) is 2. The van der Waals surface area contributed by atoms with Gasteiger partial charge in [-0.15, -0.1) is 0 Å². The van der Waals surface area contributed by atoms with E-state index in [2.05, 4.69) is 16.0 Å². The molecule has 6 heteroatoms. The zero-order chi connectivity index (χ0) is 24.8. The van der Waals surface area contributed by atoms with E-state index < -0.39 is 17.1 Å². The average molecular weight is 487 g/mol. The first-order chi connectivity index (χ1) is 17.5. The minimum Gasteiger partial charge on any atom is -0.493 e. The number of aromatic amines is 1. The van der Waals surface area contributed by atoms with Gasteiger partial charge in [0.1, 0.15) is 0 Å². The molecule has 0 amide bonds. The van der Waals surface area contributed by atoms with Crippen LogP contribution in [0.4, 0.5) is 0 Å². The van der Waals surface area contributed by atoms with Crippen LogP contribution in [0.25, 0.3) is 10.9 Å². The minimum atomic E-state index is -1.07. The first-order valence-electron chi connectivity index (χ1n) is 13.5. The number of piperidine rings is 1. The molecule has 3 aromatic rings. The van der Waals surface area contributed by atoms with E-state index in [1.807, 2.05) is 44.2 Å². The highest BCUT2D eigenvalue weighted by atomic mass is 16.5. The second kappa shape index (κ2) is 7.59. The molecule has 6 nitrogen and oxygen atoms in total. The Balaban J connectivity index is 0.00000108. The van der Waals surface area contributed by atoms with E-state index in [1.54, 1.807) is 7.11 Å². The van der Waals surface area contributed by atoms with Gasteiger partial charge >= 0.3 is 0 Å². The first kappa shape index (κ1) is 22.4. The Morgan fingerprint density at radius 3 is 2.78 bits per heavy atom. The molecule has 36 heavy (non-hydrogen) atoms. The number of aromatic nitrogens is 1. The van der Waals surface area contributed by atoms with Crippen LogP contribution >= 0.6 is 0 Å². The fraction of sp³-hybridized carbons (Fsp3) is 0.500. The number of H-pyrrole nitrogens is 1. The minimum absolute atomic E-state index is 0.0109. The first-order valence-corrected chi connectivity index (χ1v) is 13.5. The SMILES string of the molecule is CC.COc1ccc2c3c1OC1c4[nH]c5ccccc5c(=O)c4CC4(O)[C@@H](C2)N(CC2CC2)CC[C@]314. The lowest BCUT2D eigenvalue weighted by Gasteiger charge is -2.62. The Morgan fingerprint density at radius 2 is 2.00 bits per heavy atom. The molecule has 1 aromatic heterocycles. The predicted octanol–water partition coefficient (Wildman–Crippen LogP) is 4.26. The Hall–Kier alpha value is -2.83. The summed E-state index contributed by atoms with van der Waals surface area (Å²) in [6, 6.07) is 11.8. The van der Waals surface area contributed by atoms with Crippen molar-refractivity contribution in [1.29, 1.82) is 0 Å². The molecule has 1 saturated heterocycles. The Bertz CT molecular complexity index is 1440. The van der Waals surface area contributed by atoms with Gasteiger partial charge in [-0.3, -0.25) is 9.69 Å². The molecule has 3 heterocycles. The van der Waals surface area contributed by atoms with Crippen LogP contribution in [0.15, 0.2) is 41.2 Å². The van der Waals surface area contributed by atoms with Crippen molar-refractivity contribution in [3.8, 4) is 11.5 Å². The third-order valence-electron chi connectivity index (χ3n) is 9.47. The van der Waals surface area contributed by atoms with Crippen LogP contribution < -0.4 is 14.9 Å². The van der Waals surface area contributed by atoms with Crippen LogP contribution in [0.2, 0.25) is 0 Å². The number of ether oxygens (including phenoxy) is 2. The second-order valence-corrected chi connectivity index (χ2v) is 11.0. The number of rotatable bonds is 3. The maximum absolute atomic E-state index is 13.7. The standard InChI is InChI=1S/C28H28N2O4.C2H6/c1-33-20-9-8-16-12-21-28(32)13-18-23(29-19-5-3-2-4-17(19)24(18)31)26-27(28,22(16)25(20)34-26)10-11-30(21)14-15-6-7-15;1-2/h2-5,8-9,15,21,26,32H,6-7,10-14H2,1H3,(H,29,31);1-2H3/t21-,26?,27+,28?;/m1./s1. The van der Waals surface area contributed by atoms with Gasteiger partial charge in [0.2, 0.25) is 0 Å². The number of aliphatic hydroxyl groups is 1. The summed E-state index contributed by atoms with van der Waals surface area (Å²) in [5.74, 6) is 2.19. The third kappa shape index (κ3) is 2.61. The van der Waals surface area contributed by atoms with Crippen LogP contribution in [0, 0.1) is 5.92 Å². The van der Waals surface area contributed by atoms with Gasteiger partial charge in [0.25, 0.3) is 0 Å². The van der Waals surface area contributed by atoms with E-state index in [9.17, 15) is 9.90 Å². The van der Waals surface area contributed by atoms with Crippen LogP contribution in [0.3, 0.4) is 0 Å². The number of likely N-dealkylation sites (tertiary alicyclic amines) is 1. The highest BCUT2D eigenvalue weighted by Crippen LogP contribution is 2.68. The summed E-state index contributed by atoms with van der Waals surface area (Å²) >= 11 is 0. The normalized spacial score (nSPS) is 31.1. The number of benzene rings is 2. The molecular weight excluding hydrogens is 452 g/mol. The molecule has 4 atom stereocenters. The highest BCUT2D eigenvalue weighted by molar-refractivity contribution is 5.80. The Kier molecular flexibility index (Phi) is 4.72. The Labute approximate surface area is 211 Å². The largest absolute Gasteiger partial charge is 0.493 e. The predicted molar refractivity (Wildman–Crippen MR) is 139 cm³/mol. The molecule has 1 spiro atoms. The van der Waals surface area contributed by atoms with Crippen molar-refractivity contribution in [3.05, 3.63) is 69.0 Å². The van der Waals surface area contributed by atoms with Crippen molar-refractivity contribution in [2.75, 3.05) is 20.2 Å². The van der Waals surface area contributed by atoms with Crippen LogP contribution in [-0.2, 0) is 18.3 Å². The lowest BCUT2D eigenvalue weighted by Crippen LogP contribution is -2.75. The van der Waals surface area contributed by atoms with Crippen LogP contribution in [-0.4, -0.2) is 46.8 Å². The van der Waals surface area contributed by atoms with E-state index >= 15 is 0 Å². The van der Waals surface area contributed by atoms with Crippen molar-refractivity contribution in [2.24, 2.45) is 5.92 Å². The molecule has 5 aliphatic rings. The van der Waals surface area contributed by atoms with E-state index in [-0.39, 0.29) is 11.5 Å². The number of fused-ring (bicyclic) bond motifs is 3. The van der Waals surface area contributed by atoms with Crippen LogP contribution in [0.1, 0.15) is 61.6 Å². The topological polar surface area (TPSA) is 74.8 Å². The molecule has 2 N–H and O–H groups in total. The molecular formula is C30H34N2O4. The van der Waals surface area contributed by atoms with E-state index in [1.165, 1.54) is 18.4 Å². The van der Waals surface area contributed by atoms with Gasteiger partial charge in [-0.2, -0.15) is 0 Å². The van der Waals surface area contributed by atoms with Crippen molar-refractivity contribution >= 4 is 10.9 Å². The monoisotopic (exact) mass is 486 g/mol. The van der Waals surface area contributed by atoms with Gasteiger partial charge in [-0.1, -0.05) is 32.0 Å². The van der Waals surface area contributed by atoms with Gasteiger partial charge in [0, 0.05) is 41.0 Å². The van der Waals surface area contributed by atoms with Crippen LogP contribution in [0.5, 0.6) is 11.5 Å². The van der Waals surface area contributed by atoms with Crippen molar-refractivity contribution in [1.82, 2.24) is 9.88 Å². The number of nitrogens with one attached hydrogen (secondary N) is 1. The fourth-order valence-electron chi connectivity index (χ4n) is 7.78. The molecule has 2 fully saturated rings. The molecule has 2 aliphatic heterocycles. The number of pyridine rings is 1. The summed E-state index contributed by atoms with van der Waals surface area (Å²) < 4.78 is 12.5. The maximum atomic E-state index is 13.7. The quantitative estimate of drug-likeness (QED) is 0.579. The van der Waals surface area contributed by atoms with Gasteiger partial charge in [-0.05, 0) is 61.9 Å². The number of nitrogens with zero attached hydrogens (tertiary/aromatic N) is 1. The van der Waals surface area contributed by atoms with Crippen molar-refractivity contribution in [2.45, 2.75) is 69.1 Å². The van der Waals surface area contributed by atoms with Gasteiger partial charge in [0.15, 0.2) is 23.0 Å². The molecule has 2 bridgehead atoms. The summed E-state index contributed by atoms with van der Waals surface area (Å²) in [7, 11) is 1.67. The highest BCUT2D eigenvalue weighted by Gasteiger charge is 2.73. The maximum Gasteiger partial charge on any atom is 0.193 e. The lowest BCUT2D eigenvalue weighted by molar-refractivity contribution is -0.173. The molecule has 3 aliphatic carbocycles. The third-order valence-corrected chi connectivity index (χ3v) is 9.47. The number of methoxy groups -OCH3 is 1. The van der Waals surface area contributed by atoms with E-state index in [0.29, 0.717) is 23.1 Å². The summed E-state index contributed by atoms with van der Waals surface area (Å²) in [5, 5.41) is 13.5. The van der Waals surface area contributed by atoms with Crippen molar-refractivity contribution < 1.29 is 14.6 Å². The summed E-state index contributed by atoms with van der Waals surface area (Å²) in [6.45, 7) is 5.97. The summed E-state index contributed by atoms with van der Waals surface area (Å²) in [6.07, 6.45) is 4.06. The lowest BCUT2D eigenvalue weighted by atomic mass is 9.49. The fourth-order valence-corrected chi connectivity index (χ4v) is 7.78. The number of hydrogen-bond acceptors (Lipinski definition) is 5. The summed E-state index contributed by atoms with van der Waals surface area (Å²) in [4.78, 5) is 19.8. The van der Waals surface area contributed by atoms with Gasteiger partial charge in [0.05, 0.1) is 23.8 Å². The van der Waals surface area contributed by atoms with Gasteiger partial charge < -0.3 is 19.6 Å². The molecule has 188 valence electrons. The molecule has 2 unspecified atom stereocenters. The summed E-state index contributed by atoms with van der Waals surface area (Å²) in [5.41, 5.74) is 3.03. The second-order valence-electron chi connectivity index (χ2n) is 11.0. The zero-order valence-corrected chi connectivity index (χ0v) is 21.3. The van der Waals surface area contributed by atoms with E-state index in [0.717, 1.165) is 54.4 Å². The van der Waals surface area contributed by atoms with Crippen molar-refractivity contribution in [3.63, 3.8) is 0 Å². The smallest absolute Gasteiger partial charge is 0.193 e. The number of para-hydroxylation sites is 1. The van der Waals surface area contributed by atoms with Gasteiger partial charge in [-0.25, -0.2) is 0 Å².